The highest BCUT2D eigenvalue weighted by Crippen LogP contribution is 2.26. The van der Waals surface area contributed by atoms with E-state index in [1.807, 2.05) is 6.07 Å². The Bertz CT molecular complexity index is 690. The number of aromatic nitrogens is 2. The maximum absolute atomic E-state index is 14.3. The minimum Gasteiger partial charge on any atom is -0.465 e. The van der Waals surface area contributed by atoms with Crippen molar-refractivity contribution in [2.75, 3.05) is 7.05 Å². The van der Waals surface area contributed by atoms with Gasteiger partial charge in [0.15, 0.2) is 5.82 Å². The molecule has 0 aromatic carbocycles. The van der Waals surface area contributed by atoms with Gasteiger partial charge in [-0.1, -0.05) is 0 Å². The van der Waals surface area contributed by atoms with E-state index in [0.717, 1.165) is 4.90 Å². The van der Waals surface area contributed by atoms with Crippen molar-refractivity contribution >= 4 is 6.09 Å². The van der Waals surface area contributed by atoms with Crippen LogP contribution in [0.15, 0.2) is 24.5 Å². The Hall–Kier alpha value is -2.88. The van der Waals surface area contributed by atoms with Crippen LogP contribution in [0.1, 0.15) is 11.3 Å². The number of nitrogens with one attached hydrogen (secondary N) is 1. The zero-order chi connectivity index (χ0) is 14.7. The smallest absolute Gasteiger partial charge is 0.407 e. The highest BCUT2D eigenvalue weighted by Gasteiger charge is 2.18. The summed E-state index contributed by atoms with van der Waals surface area (Å²) in [5.74, 6) is -0.581. The molecule has 0 atom stereocenters. The maximum atomic E-state index is 14.3. The molecule has 7 heteroatoms. The summed E-state index contributed by atoms with van der Waals surface area (Å²) in [4.78, 5) is 18.3. The van der Waals surface area contributed by atoms with Gasteiger partial charge in [0.05, 0.1) is 12.2 Å². The Morgan fingerprint density at radius 3 is 3.05 bits per heavy atom. The second kappa shape index (κ2) is 5.40. The van der Waals surface area contributed by atoms with Crippen LogP contribution in [0.2, 0.25) is 0 Å². The zero-order valence-corrected chi connectivity index (χ0v) is 10.6. The molecular formula is C13H11FN4O2. The van der Waals surface area contributed by atoms with Gasteiger partial charge in [0.1, 0.15) is 11.8 Å². The SMILES string of the molecule is CN(Cc1c[nH]c(-c2cccnc2C#N)c1F)C(=O)O. The summed E-state index contributed by atoms with van der Waals surface area (Å²) in [6, 6.07) is 5.06. The highest BCUT2D eigenvalue weighted by molar-refractivity contribution is 5.67. The molecule has 2 aromatic rings. The Labute approximate surface area is 114 Å². The molecule has 2 heterocycles. The lowest BCUT2D eigenvalue weighted by Gasteiger charge is -2.11. The van der Waals surface area contributed by atoms with Gasteiger partial charge in [0, 0.05) is 30.6 Å². The van der Waals surface area contributed by atoms with Crippen molar-refractivity contribution in [3.8, 4) is 17.3 Å². The van der Waals surface area contributed by atoms with Crippen LogP contribution in [0.3, 0.4) is 0 Å². The van der Waals surface area contributed by atoms with Crippen molar-refractivity contribution in [1.82, 2.24) is 14.9 Å². The lowest BCUT2D eigenvalue weighted by molar-refractivity contribution is 0.153. The van der Waals surface area contributed by atoms with E-state index in [4.69, 9.17) is 10.4 Å². The van der Waals surface area contributed by atoms with Crippen LogP contribution in [0.5, 0.6) is 0 Å². The van der Waals surface area contributed by atoms with Gasteiger partial charge in [-0.3, -0.25) is 0 Å². The summed E-state index contributed by atoms with van der Waals surface area (Å²) in [6.45, 7) is -0.0835. The topological polar surface area (TPSA) is 93.0 Å². The van der Waals surface area contributed by atoms with Crippen molar-refractivity contribution in [2.24, 2.45) is 0 Å². The van der Waals surface area contributed by atoms with E-state index in [-0.39, 0.29) is 23.5 Å². The van der Waals surface area contributed by atoms with E-state index in [1.165, 1.54) is 19.4 Å². The predicted octanol–water partition coefficient (Wildman–Crippen LogP) is 2.20. The molecule has 0 saturated carbocycles. The molecule has 0 aliphatic heterocycles. The lowest BCUT2D eigenvalue weighted by Crippen LogP contribution is -2.24. The normalized spacial score (nSPS) is 10.1. The second-order valence-electron chi connectivity index (χ2n) is 4.15. The molecule has 1 amide bonds. The number of hydrogen-bond donors (Lipinski definition) is 2. The van der Waals surface area contributed by atoms with E-state index in [9.17, 15) is 9.18 Å². The molecule has 0 saturated heterocycles. The number of amides is 1. The molecule has 0 aliphatic carbocycles. The van der Waals surface area contributed by atoms with Crippen molar-refractivity contribution in [1.29, 1.82) is 5.26 Å². The molecule has 2 aromatic heterocycles. The van der Waals surface area contributed by atoms with Gasteiger partial charge in [-0.05, 0) is 12.1 Å². The first-order valence-electron chi connectivity index (χ1n) is 5.70. The second-order valence-corrected chi connectivity index (χ2v) is 4.15. The van der Waals surface area contributed by atoms with Crippen LogP contribution in [0.4, 0.5) is 9.18 Å². The molecule has 0 fully saturated rings. The zero-order valence-electron chi connectivity index (χ0n) is 10.6. The number of pyridine rings is 1. The van der Waals surface area contributed by atoms with Gasteiger partial charge in [-0.2, -0.15) is 5.26 Å². The van der Waals surface area contributed by atoms with Gasteiger partial charge < -0.3 is 15.0 Å². The third-order valence-corrected chi connectivity index (χ3v) is 2.81. The summed E-state index contributed by atoms with van der Waals surface area (Å²) < 4.78 is 14.3. The van der Waals surface area contributed by atoms with Crippen LogP contribution in [0, 0.1) is 17.1 Å². The third kappa shape index (κ3) is 2.44. The van der Waals surface area contributed by atoms with Gasteiger partial charge in [-0.15, -0.1) is 0 Å². The fourth-order valence-corrected chi connectivity index (χ4v) is 1.78. The summed E-state index contributed by atoms with van der Waals surface area (Å²) in [5.41, 5.74) is 0.782. The lowest BCUT2D eigenvalue weighted by atomic mass is 10.1. The standard InChI is InChI=1S/C13H11FN4O2/c1-18(13(19)20)7-8-6-17-12(11(8)14)9-3-2-4-16-10(9)5-15/h2-4,6,17H,7H2,1H3,(H,19,20). The fourth-order valence-electron chi connectivity index (χ4n) is 1.78. The monoisotopic (exact) mass is 274 g/mol. The first kappa shape index (κ1) is 13.5. The molecule has 0 aliphatic rings. The summed E-state index contributed by atoms with van der Waals surface area (Å²) >= 11 is 0. The van der Waals surface area contributed by atoms with Crippen LogP contribution < -0.4 is 0 Å². The number of nitriles is 1. The molecule has 6 nitrogen and oxygen atoms in total. The maximum Gasteiger partial charge on any atom is 0.407 e. The first-order chi connectivity index (χ1) is 9.54. The van der Waals surface area contributed by atoms with Crippen LogP contribution in [0.25, 0.3) is 11.3 Å². The molecule has 20 heavy (non-hydrogen) atoms. The van der Waals surface area contributed by atoms with Gasteiger partial charge in [-0.25, -0.2) is 14.2 Å². The minimum absolute atomic E-state index is 0.0835. The molecule has 2 N–H and O–H groups in total. The Morgan fingerprint density at radius 1 is 1.65 bits per heavy atom. The molecule has 0 spiro atoms. The highest BCUT2D eigenvalue weighted by atomic mass is 19.1. The number of carboxylic acid groups (broad SMARTS) is 1. The molecule has 2 rings (SSSR count). The van der Waals surface area contributed by atoms with E-state index in [0.29, 0.717) is 5.56 Å². The van der Waals surface area contributed by atoms with Crippen molar-refractivity contribution in [3.05, 3.63) is 41.6 Å². The quantitative estimate of drug-likeness (QED) is 0.897. The molecular weight excluding hydrogens is 263 g/mol. The number of halogens is 1. The van der Waals surface area contributed by atoms with Crippen molar-refractivity contribution < 1.29 is 14.3 Å². The number of hydrogen-bond acceptors (Lipinski definition) is 3. The number of carbonyl (C=O) groups is 1. The van der Waals surface area contributed by atoms with Gasteiger partial charge >= 0.3 is 6.09 Å². The van der Waals surface area contributed by atoms with E-state index in [1.54, 1.807) is 12.1 Å². The Morgan fingerprint density at radius 2 is 2.40 bits per heavy atom. The van der Waals surface area contributed by atoms with Crippen molar-refractivity contribution in [3.63, 3.8) is 0 Å². The summed E-state index contributed by atoms with van der Waals surface area (Å²) in [5, 5.41) is 17.7. The third-order valence-electron chi connectivity index (χ3n) is 2.81. The summed E-state index contributed by atoms with van der Waals surface area (Å²) in [6.07, 6.45) is 1.69. The largest absolute Gasteiger partial charge is 0.465 e. The van der Waals surface area contributed by atoms with Crippen molar-refractivity contribution in [2.45, 2.75) is 6.54 Å². The van der Waals surface area contributed by atoms with E-state index in [2.05, 4.69) is 9.97 Å². The first-order valence-corrected chi connectivity index (χ1v) is 5.70. The average Bonchev–Trinajstić information content (AvgIpc) is 2.80. The van der Waals surface area contributed by atoms with Crippen LogP contribution in [-0.4, -0.2) is 33.1 Å². The van der Waals surface area contributed by atoms with E-state index < -0.39 is 11.9 Å². The number of aromatic amines is 1. The van der Waals surface area contributed by atoms with Gasteiger partial charge in [0.2, 0.25) is 0 Å². The predicted molar refractivity (Wildman–Crippen MR) is 68.2 cm³/mol. The molecule has 0 bridgehead atoms. The summed E-state index contributed by atoms with van der Waals surface area (Å²) in [7, 11) is 1.35. The Balaban J connectivity index is 2.39. The fraction of sp³-hybridized carbons (Fsp3) is 0.154. The van der Waals surface area contributed by atoms with Crippen LogP contribution >= 0.6 is 0 Å². The molecule has 0 radical (unpaired) electrons. The molecule has 102 valence electrons. The Kier molecular flexibility index (Phi) is 3.66. The number of rotatable bonds is 3. The van der Waals surface area contributed by atoms with E-state index >= 15 is 0 Å². The number of H-pyrrole nitrogens is 1. The minimum atomic E-state index is -1.15. The average molecular weight is 274 g/mol. The number of nitrogens with zero attached hydrogens (tertiary/aromatic N) is 3. The molecule has 0 unspecified atom stereocenters. The van der Waals surface area contributed by atoms with Gasteiger partial charge in [0.25, 0.3) is 0 Å². The van der Waals surface area contributed by atoms with Crippen LogP contribution in [-0.2, 0) is 6.54 Å².